The minimum Gasteiger partial charge on any atom is -0.322 e. The summed E-state index contributed by atoms with van der Waals surface area (Å²) < 4.78 is 14.9. The summed E-state index contributed by atoms with van der Waals surface area (Å²) in [6, 6.07) is 16.4. The average molecular weight is 418 g/mol. The molecule has 8 nitrogen and oxygen atoms in total. The molecule has 4 rings (SSSR count). The molecule has 154 valence electrons. The zero-order valence-corrected chi connectivity index (χ0v) is 16.2. The lowest BCUT2D eigenvalue weighted by atomic mass is 10.1. The number of nitro groups is 1. The van der Waals surface area contributed by atoms with Gasteiger partial charge in [0.2, 0.25) is 5.82 Å². The molecular weight excluding hydrogens is 403 g/mol. The Morgan fingerprint density at radius 1 is 1.10 bits per heavy atom. The van der Waals surface area contributed by atoms with E-state index in [2.05, 4.69) is 10.3 Å². The molecule has 1 N–H and O–H groups in total. The van der Waals surface area contributed by atoms with E-state index in [4.69, 9.17) is 0 Å². The van der Waals surface area contributed by atoms with Crippen LogP contribution >= 0.6 is 0 Å². The largest absolute Gasteiger partial charge is 0.322 e. The van der Waals surface area contributed by atoms with E-state index in [1.165, 1.54) is 22.8 Å². The van der Waals surface area contributed by atoms with Crippen molar-refractivity contribution in [2.24, 2.45) is 0 Å². The van der Waals surface area contributed by atoms with Gasteiger partial charge in [-0.1, -0.05) is 12.1 Å². The third kappa shape index (κ3) is 3.76. The molecule has 1 heterocycles. The normalized spacial score (nSPS) is 10.8. The Balaban J connectivity index is 1.63. The number of anilines is 1. The number of fused-ring (bicyclic) bond motifs is 1. The van der Waals surface area contributed by atoms with Gasteiger partial charge in [-0.3, -0.25) is 24.3 Å². The van der Waals surface area contributed by atoms with E-state index in [0.29, 0.717) is 22.4 Å². The number of para-hydroxylation sites is 1. The molecule has 1 amide bonds. The van der Waals surface area contributed by atoms with Crippen LogP contribution in [0.2, 0.25) is 0 Å². The highest BCUT2D eigenvalue weighted by Gasteiger charge is 2.16. The van der Waals surface area contributed by atoms with Crippen molar-refractivity contribution in [3.05, 3.63) is 104 Å². The molecule has 0 aliphatic rings. The predicted octanol–water partition coefficient (Wildman–Crippen LogP) is 3.99. The van der Waals surface area contributed by atoms with Crippen LogP contribution in [0.3, 0.4) is 0 Å². The highest BCUT2D eigenvalue weighted by atomic mass is 19.1. The van der Waals surface area contributed by atoms with E-state index in [0.717, 1.165) is 12.1 Å². The van der Waals surface area contributed by atoms with E-state index in [1.807, 2.05) is 6.07 Å². The first-order valence-electron chi connectivity index (χ1n) is 9.19. The molecule has 0 aliphatic carbocycles. The van der Waals surface area contributed by atoms with Crippen molar-refractivity contribution in [3.63, 3.8) is 0 Å². The molecule has 9 heteroatoms. The van der Waals surface area contributed by atoms with Crippen LogP contribution in [0.5, 0.6) is 0 Å². The van der Waals surface area contributed by atoms with Gasteiger partial charge in [0.25, 0.3) is 11.5 Å². The summed E-state index contributed by atoms with van der Waals surface area (Å²) in [5.74, 6) is -1.02. The maximum absolute atomic E-state index is 13.5. The predicted molar refractivity (Wildman–Crippen MR) is 113 cm³/mol. The number of aryl methyl sites for hydroxylation is 1. The molecule has 0 saturated heterocycles. The maximum atomic E-state index is 13.5. The molecule has 0 unspecified atom stereocenters. The lowest BCUT2D eigenvalue weighted by Crippen LogP contribution is -2.22. The minimum absolute atomic E-state index is 0.0907. The number of aromatic nitrogens is 2. The number of amides is 1. The molecule has 0 fully saturated rings. The van der Waals surface area contributed by atoms with E-state index in [9.17, 15) is 24.1 Å². The van der Waals surface area contributed by atoms with E-state index in [-0.39, 0.29) is 16.8 Å². The minimum atomic E-state index is -0.989. The van der Waals surface area contributed by atoms with Gasteiger partial charge in [-0.15, -0.1) is 0 Å². The summed E-state index contributed by atoms with van der Waals surface area (Å²) in [4.78, 5) is 39.8. The van der Waals surface area contributed by atoms with Crippen LogP contribution in [0.1, 0.15) is 16.2 Å². The highest BCUT2D eigenvalue weighted by molar-refractivity contribution is 6.04. The SMILES string of the molecule is Cc1nc2ccccc2c(=O)n1-c1ccc(C(=O)Nc2ccc(F)c([N+](=O)[O-])c2)cc1. The molecule has 0 aliphatic heterocycles. The Hall–Kier alpha value is -4.40. The van der Waals surface area contributed by atoms with Gasteiger partial charge >= 0.3 is 5.69 Å². The molecule has 31 heavy (non-hydrogen) atoms. The standard InChI is InChI=1S/C22H15FN4O4/c1-13-24-19-5-3-2-4-17(19)22(29)26(13)16-9-6-14(7-10-16)21(28)25-15-8-11-18(23)20(12-15)27(30)31/h2-12H,1H3,(H,25,28). The second-order valence-electron chi connectivity index (χ2n) is 6.74. The zero-order chi connectivity index (χ0) is 22.1. The Labute approximate surface area is 174 Å². The Morgan fingerprint density at radius 2 is 1.81 bits per heavy atom. The van der Waals surface area contributed by atoms with Crippen LogP contribution in [0.15, 0.2) is 71.5 Å². The summed E-state index contributed by atoms with van der Waals surface area (Å²) in [7, 11) is 0. The first-order valence-corrected chi connectivity index (χ1v) is 9.19. The van der Waals surface area contributed by atoms with E-state index < -0.39 is 22.3 Å². The highest BCUT2D eigenvalue weighted by Crippen LogP contribution is 2.22. The van der Waals surface area contributed by atoms with Crippen molar-refractivity contribution < 1.29 is 14.1 Å². The quantitative estimate of drug-likeness (QED) is 0.398. The monoisotopic (exact) mass is 418 g/mol. The number of halogens is 1. The van der Waals surface area contributed by atoms with Gasteiger partial charge in [-0.25, -0.2) is 4.98 Å². The van der Waals surface area contributed by atoms with Gasteiger partial charge in [0.1, 0.15) is 5.82 Å². The number of nitro benzene ring substituents is 1. The van der Waals surface area contributed by atoms with Crippen LogP contribution < -0.4 is 10.9 Å². The lowest BCUT2D eigenvalue weighted by molar-refractivity contribution is -0.387. The number of benzene rings is 3. The summed E-state index contributed by atoms with van der Waals surface area (Å²) in [5, 5.41) is 13.8. The number of hydrogen-bond donors (Lipinski definition) is 1. The van der Waals surface area contributed by atoms with Crippen molar-refractivity contribution in [1.82, 2.24) is 9.55 Å². The molecule has 0 radical (unpaired) electrons. The third-order valence-corrected chi connectivity index (χ3v) is 4.73. The van der Waals surface area contributed by atoms with Crippen LogP contribution in [-0.2, 0) is 0 Å². The van der Waals surface area contributed by atoms with Gasteiger partial charge in [0, 0.05) is 17.3 Å². The van der Waals surface area contributed by atoms with E-state index >= 15 is 0 Å². The molecule has 0 saturated carbocycles. The summed E-state index contributed by atoms with van der Waals surface area (Å²) in [6.07, 6.45) is 0. The molecular formula is C22H15FN4O4. The van der Waals surface area contributed by atoms with Crippen molar-refractivity contribution in [2.75, 3.05) is 5.32 Å². The van der Waals surface area contributed by atoms with Crippen LogP contribution in [0.25, 0.3) is 16.6 Å². The summed E-state index contributed by atoms with van der Waals surface area (Å²) in [6.45, 7) is 1.72. The first-order chi connectivity index (χ1) is 14.8. The van der Waals surface area contributed by atoms with Gasteiger partial charge in [-0.2, -0.15) is 4.39 Å². The van der Waals surface area contributed by atoms with Crippen LogP contribution in [-0.4, -0.2) is 20.4 Å². The fourth-order valence-corrected chi connectivity index (χ4v) is 3.24. The van der Waals surface area contributed by atoms with Gasteiger partial charge in [-0.05, 0) is 55.5 Å². The maximum Gasteiger partial charge on any atom is 0.306 e. The number of hydrogen-bond acceptors (Lipinski definition) is 5. The number of nitrogens with one attached hydrogen (secondary N) is 1. The Morgan fingerprint density at radius 3 is 2.52 bits per heavy atom. The summed E-state index contributed by atoms with van der Waals surface area (Å²) in [5.41, 5.74) is 0.536. The average Bonchev–Trinajstić information content (AvgIpc) is 2.75. The van der Waals surface area contributed by atoms with Crippen molar-refractivity contribution >= 4 is 28.2 Å². The van der Waals surface area contributed by atoms with Gasteiger partial charge in [0.15, 0.2) is 0 Å². The van der Waals surface area contributed by atoms with E-state index in [1.54, 1.807) is 37.3 Å². The smallest absolute Gasteiger partial charge is 0.306 e. The topological polar surface area (TPSA) is 107 Å². The molecule has 0 bridgehead atoms. The number of carbonyl (C=O) groups is 1. The van der Waals surface area contributed by atoms with Gasteiger partial charge in [0.05, 0.1) is 21.5 Å². The van der Waals surface area contributed by atoms with Crippen LogP contribution in [0, 0.1) is 22.9 Å². The second-order valence-corrected chi connectivity index (χ2v) is 6.74. The fourth-order valence-electron chi connectivity index (χ4n) is 3.24. The molecule has 0 atom stereocenters. The second kappa shape index (κ2) is 7.79. The Kier molecular flexibility index (Phi) is 5.00. The fraction of sp³-hybridized carbons (Fsp3) is 0.0455. The molecule has 0 spiro atoms. The van der Waals surface area contributed by atoms with Crippen molar-refractivity contribution in [3.8, 4) is 5.69 Å². The third-order valence-electron chi connectivity index (χ3n) is 4.73. The lowest BCUT2D eigenvalue weighted by Gasteiger charge is -2.11. The number of nitrogens with zero attached hydrogens (tertiary/aromatic N) is 3. The number of rotatable bonds is 4. The first kappa shape index (κ1) is 19.9. The molecule has 1 aromatic heterocycles. The Bertz CT molecular complexity index is 1400. The molecule has 3 aromatic carbocycles. The van der Waals surface area contributed by atoms with Gasteiger partial charge < -0.3 is 5.32 Å². The summed E-state index contributed by atoms with van der Waals surface area (Å²) >= 11 is 0. The number of carbonyl (C=O) groups excluding carboxylic acids is 1. The van der Waals surface area contributed by atoms with Crippen molar-refractivity contribution in [1.29, 1.82) is 0 Å². The molecule has 4 aromatic rings. The van der Waals surface area contributed by atoms with Crippen molar-refractivity contribution in [2.45, 2.75) is 6.92 Å². The van der Waals surface area contributed by atoms with Crippen LogP contribution in [0.4, 0.5) is 15.8 Å². The zero-order valence-electron chi connectivity index (χ0n) is 16.2.